The molecule has 1 atom stereocenters. The van der Waals surface area contributed by atoms with Gasteiger partial charge in [-0.05, 0) is 6.07 Å². The van der Waals surface area contributed by atoms with Crippen molar-refractivity contribution in [2.24, 2.45) is 0 Å². The molecule has 20 heavy (non-hydrogen) atoms. The lowest BCUT2D eigenvalue weighted by Gasteiger charge is -2.15. The summed E-state index contributed by atoms with van der Waals surface area (Å²) in [5.41, 5.74) is -0.965. The molecule has 6 heteroatoms. The second-order valence-electron chi connectivity index (χ2n) is 4.05. The zero-order chi connectivity index (χ0) is 14.9. The van der Waals surface area contributed by atoms with Crippen LogP contribution in [0.4, 0.5) is 13.2 Å². The maximum Gasteiger partial charge on any atom is 0.147 e. The van der Waals surface area contributed by atoms with Crippen molar-refractivity contribution >= 4 is 11.6 Å². The summed E-state index contributed by atoms with van der Waals surface area (Å²) in [5.74, 6) is -3.03. The highest BCUT2D eigenvalue weighted by Crippen LogP contribution is 2.32. The third-order valence-corrected chi connectivity index (χ3v) is 3.13. The predicted octanol–water partition coefficient (Wildman–Crippen LogP) is 3.85. The van der Waals surface area contributed by atoms with Crippen molar-refractivity contribution < 1.29 is 23.0 Å². The molecule has 0 aliphatic rings. The molecule has 0 spiro atoms. The number of ether oxygens (including phenoxy) is 1. The van der Waals surface area contributed by atoms with E-state index in [1.165, 1.54) is 25.3 Å². The van der Waals surface area contributed by atoms with Crippen molar-refractivity contribution in [3.63, 3.8) is 0 Å². The lowest BCUT2D eigenvalue weighted by molar-refractivity contribution is 0.203. The van der Waals surface area contributed by atoms with Crippen molar-refractivity contribution in [2.75, 3.05) is 7.11 Å². The summed E-state index contributed by atoms with van der Waals surface area (Å²) in [6, 6.07) is 5.67. The molecule has 0 aliphatic heterocycles. The molecule has 0 saturated carbocycles. The van der Waals surface area contributed by atoms with E-state index in [-0.39, 0.29) is 16.3 Å². The predicted molar refractivity (Wildman–Crippen MR) is 68.4 cm³/mol. The highest BCUT2D eigenvalue weighted by molar-refractivity contribution is 6.30. The van der Waals surface area contributed by atoms with E-state index < -0.39 is 29.1 Å². The number of methoxy groups -OCH3 is 1. The topological polar surface area (TPSA) is 29.5 Å². The van der Waals surface area contributed by atoms with Gasteiger partial charge in [-0.1, -0.05) is 23.7 Å². The number of rotatable bonds is 3. The van der Waals surface area contributed by atoms with Gasteiger partial charge in [0.1, 0.15) is 29.3 Å². The molecule has 0 bridgehead atoms. The summed E-state index contributed by atoms with van der Waals surface area (Å²) in [7, 11) is 1.25. The third-order valence-electron chi connectivity index (χ3n) is 2.84. The Morgan fingerprint density at radius 2 is 1.75 bits per heavy atom. The average Bonchev–Trinajstić information content (AvgIpc) is 2.40. The fraction of sp³-hybridized carbons (Fsp3) is 0.143. The van der Waals surface area contributed by atoms with Crippen LogP contribution < -0.4 is 4.74 Å². The monoisotopic (exact) mass is 302 g/mol. The molecule has 1 unspecified atom stereocenters. The number of benzene rings is 2. The van der Waals surface area contributed by atoms with Gasteiger partial charge < -0.3 is 9.84 Å². The lowest BCUT2D eigenvalue weighted by atomic mass is 10.00. The van der Waals surface area contributed by atoms with Gasteiger partial charge in [-0.3, -0.25) is 0 Å². The van der Waals surface area contributed by atoms with Crippen LogP contribution in [0.15, 0.2) is 30.3 Å². The molecule has 0 saturated heterocycles. The Morgan fingerprint density at radius 3 is 2.30 bits per heavy atom. The van der Waals surface area contributed by atoms with Crippen molar-refractivity contribution in [2.45, 2.75) is 6.10 Å². The molecule has 106 valence electrons. The fourth-order valence-electron chi connectivity index (χ4n) is 1.83. The quantitative estimate of drug-likeness (QED) is 0.933. The van der Waals surface area contributed by atoms with Gasteiger partial charge in [-0.25, -0.2) is 13.2 Å². The van der Waals surface area contributed by atoms with E-state index in [1.54, 1.807) is 0 Å². The van der Waals surface area contributed by atoms with E-state index in [1.807, 2.05) is 0 Å². The fourth-order valence-corrected chi connectivity index (χ4v) is 2.01. The normalized spacial score (nSPS) is 12.3. The molecule has 0 amide bonds. The standard InChI is InChI=1S/C14H10ClF3O2/c1-20-7-5-10(16)12(11(17)6-7)14(19)8-3-2-4-9(15)13(8)18/h2-6,14,19H,1H3. The molecule has 2 rings (SSSR count). The molecule has 0 aromatic heterocycles. The minimum Gasteiger partial charge on any atom is -0.497 e. The maximum absolute atomic E-state index is 13.8. The van der Waals surface area contributed by atoms with Gasteiger partial charge in [0.25, 0.3) is 0 Å². The van der Waals surface area contributed by atoms with E-state index in [2.05, 4.69) is 0 Å². The van der Waals surface area contributed by atoms with Crippen molar-refractivity contribution in [1.82, 2.24) is 0 Å². The number of hydrogen-bond donors (Lipinski definition) is 1. The van der Waals surface area contributed by atoms with Crippen LogP contribution in [0.5, 0.6) is 5.75 Å². The summed E-state index contributed by atoms with van der Waals surface area (Å²) in [4.78, 5) is 0. The SMILES string of the molecule is COc1cc(F)c(C(O)c2cccc(Cl)c2F)c(F)c1. The Labute approximate surface area is 118 Å². The molecule has 2 nitrogen and oxygen atoms in total. The number of hydrogen-bond acceptors (Lipinski definition) is 2. The minimum atomic E-state index is -1.81. The Kier molecular flexibility index (Phi) is 4.20. The van der Waals surface area contributed by atoms with Crippen LogP contribution in [0.2, 0.25) is 5.02 Å². The zero-order valence-electron chi connectivity index (χ0n) is 10.3. The van der Waals surface area contributed by atoms with Gasteiger partial charge in [0.2, 0.25) is 0 Å². The molecular weight excluding hydrogens is 293 g/mol. The lowest BCUT2D eigenvalue weighted by Crippen LogP contribution is -2.08. The Morgan fingerprint density at radius 1 is 1.15 bits per heavy atom. The third kappa shape index (κ3) is 2.59. The Bertz CT molecular complexity index is 623. The van der Waals surface area contributed by atoms with Crippen LogP contribution in [-0.2, 0) is 0 Å². The average molecular weight is 303 g/mol. The van der Waals surface area contributed by atoms with Crippen molar-refractivity contribution in [3.8, 4) is 5.75 Å². The second-order valence-corrected chi connectivity index (χ2v) is 4.46. The molecule has 0 radical (unpaired) electrons. The summed E-state index contributed by atoms with van der Waals surface area (Å²) in [6.07, 6.45) is -1.81. The van der Waals surface area contributed by atoms with Gasteiger partial charge in [0.15, 0.2) is 0 Å². The molecule has 2 aromatic rings. The van der Waals surface area contributed by atoms with E-state index in [9.17, 15) is 18.3 Å². The van der Waals surface area contributed by atoms with Gasteiger partial charge in [-0.15, -0.1) is 0 Å². The summed E-state index contributed by atoms with van der Waals surface area (Å²) in [5, 5.41) is 9.76. The largest absolute Gasteiger partial charge is 0.497 e. The maximum atomic E-state index is 13.8. The van der Waals surface area contributed by atoms with E-state index in [0.29, 0.717) is 0 Å². The minimum absolute atomic E-state index is 0.0393. The summed E-state index contributed by atoms with van der Waals surface area (Å²) in [6.45, 7) is 0. The molecule has 2 aromatic carbocycles. The van der Waals surface area contributed by atoms with Crippen LogP contribution in [0.1, 0.15) is 17.2 Å². The Balaban J connectivity index is 2.54. The second kappa shape index (κ2) is 5.73. The number of aliphatic hydroxyl groups excluding tert-OH is 1. The van der Waals surface area contributed by atoms with E-state index in [0.717, 1.165) is 12.1 Å². The van der Waals surface area contributed by atoms with Crippen molar-refractivity contribution in [1.29, 1.82) is 0 Å². The van der Waals surface area contributed by atoms with Gasteiger partial charge in [0.05, 0.1) is 17.7 Å². The smallest absolute Gasteiger partial charge is 0.147 e. The summed E-state index contributed by atoms with van der Waals surface area (Å²) >= 11 is 5.58. The first-order chi connectivity index (χ1) is 9.45. The van der Waals surface area contributed by atoms with Gasteiger partial charge >= 0.3 is 0 Å². The Hall–Kier alpha value is -1.72. The van der Waals surface area contributed by atoms with Crippen LogP contribution in [0.25, 0.3) is 0 Å². The molecule has 0 heterocycles. The van der Waals surface area contributed by atoms with E-state index in [4.69, 9.17) is 16.3 Å². The molecular formula is C14H10ClF3O2. The first-order valence-corrected chi connectivity index (χ1v) is 5.98. The molecule has 1 N–H and O–H groups in total. The zero-order valence-corrected chi connectivity index (χ0v) is 11.1. The molecule has 0 aliphatic carbocycles. The van der Waals surface area contributed by atoms with Crippen LogP contribution in [-0.4, -0.2) is 12.2 Å². The summed E-state index contributed by atoms with van der Waals surface area (Å²) < 4.78 is 46.1. The number of aliphatic hydroxyl groups is 1. The van der Waals surface area contributed by atoms with Gasteiger partial charge in [0, 0.05) is 17.7 Å². The van der Waals surface area contributed by atoms with E-state index >= 15 is 0 Å². The van der Waals surface area contributed by atoms with Gasteiger partial charge in [-0.2, -0.15) is 0 Å². The van der Waals surface area contributed by atoms with Crippen LogP contribution in [0.3, 0.4) is 0 Å². The number of halogens is 4. The first kappa shape index (κ1) is 14.7. The van der Waals surface area contributed by atoms with Crippen LogP contribution >= 0.6 is 11.6 Å². The molecule has 0 fully saturated rings. The van der Waals surface area contributed by atoms with Crippen molar-refractivity contribution in [3.05, 3.63) is 63.9 Å². The van der Waals surface area contributed by atoms with Crippen LogP contribution in [0, 0.1) is 17.5 Å². The highest BCUT2D eigenvalue weighted by Gasteiger charge is 2.24. The first-order valence-electron chi connectivity index (χ1n) is 5.60. The highest BCUT2D eigenvalue weighted by atomic mass is 35.5.